The summed E-state index contributed by atoms with van der Waals surface area (Å²) < 4.78 is 4.84. The Morgan fingerprint density at radius 2 is 1.83 bits per heavy atom. The van der Waals surface area contributed by atoms with Crippen LogP contribution >= 0.6 is 0 Å². The Bertz CT molecular complexity index is 707. The molecular formula is C17H22N4O3. The van der Waals surface area contributed by atoms with E-state index < -0.39 is 11.8 Å². The van der Waals surface area contributed by atoms with Gasteiger partial charge in [0, 0.05) is 12.6 Å². The smallest absolute Gasteiger partial charge is 0.314 e. The Labute approximate surface area is 141 Å². The van der Waals surface area contributed by atoms with E-state index in [1.807, 2.05) is 50.2 Å². The van der Waals surface area contributed by atoms with E-state index in [9.17, 15) is 9.59 Å². The number of nitrogens with zero attached hydrogens (tertiary/aromatic N) is 2. The summed E-state index contributed by atoms with van der Waals surface area (Å²) in [5, 5.41) is 8.67. The Morgan fingerprint density at radius 1 is 1.17 bits per heavy atom. The van der Waals surface area contributed by atoms with Crippen LogP contribution < -0.4 is 10.6 Å². The lowest BCUT2D eigenvalue weighted by atomic mass is 10.0. The van der Waals surface area contributed by atoms with E-state index in [0.29, 0.717) is 12.3 Å². The molecule has 0 aliphatic heterocycles. The SMILES string of the molecule is Cc1ccc([C@@H](CNC(=O)C(=O)Nc2cc(C)on2)N(C)C)cc1. The summed E-state index contributed by atoms with van der Waals surface area (Å²) in [4.78, 5) is 25.8. The zero-order valence-electron chi connectivity index (χ0n) is 14.3. The molecule has 0 aliphatic carbocycles. The zero-order chi connectivity index (χ0) is 17.7. The lowest BCUT2D eigenvalue weighted by Gasteiger charge is -2.25. The van der Waals surface area contributed by atoms with Gasteiger partial charge in [-0.2, -0.15) is 0 Å². The molecule has 0 fully saturated rings. The molecule has 0 radical (unpaired) electrons. The van der Waals surface area contributed by atoms with Gasteiger partial charge in [0.25, 0.3) is 0 Å². The molecule has 2 rings (SSSR count). The standard InChI is InChI=1S/C17H22N4O3/c1-11-5-7-13(8-6-11)14(21(3)4)10-18-16(22)17(23)19-15-9-12(2)24-20-15/h5-9,14H,10H2,1-4H3,(H,18,22)(H,19,20,23)/t14-/m1/s1. The second-order valence-corrected chi connectivity index (χ2v) is 5.88. The highest BCUT2D eigenvalue weighted by molar-refractivity contribution is 6.39. The number of rotatable bonds is 5. The van der Waals surface area contributed by atoms with Gasteiger partial charge in [0.05, 0.1) is 6.04 Å². The first-order valence-corrected chi connectivity index (χ1v) is 7.62. The van der Waals surface area contributed by atoms with Gasteiger partial charge in [-0.05, 0) is 33.5 Å². The molecule has 2 aromatic rings. The predicted molar refractivity (Wildman–Crippen MR) is 90.5 cm³/mol. The number of carbonyl (C=O) groups excluding carboxylic acids is 2. The number of hydrogen-bond acceptors (Lipinski definition) is 5. The highest BCUT2D eigenvalue weighted by atomic mass is 16.5. The maximum absolute atomic E-state index is 12.0. The number of likely N-dealkylation sites (N-methyl/N-ethyl adjacent to an activating group) is 1. The minimum Gasteiger partial charge on any atom is -0.360 e. The number of anilines is 1. The maximum atomic E-state index is 12.0. The molecule has 2 N–H and O–H groups in total. The quantitative estimate of drug-likeness (QED) is 0.814. The number of carbonyl (C=O) groups is 2. The van der Waals surface area contributed by atoms with E-state index >= 15 is 0 Å². The molecule has 1 heterocycles. The van der Waals surface area contributed by atoms with Gasteiger partial charge in [-0.15, -0.1) is 0 Å². The summed E-state index contributed by atoms with van der Waals surface area (Å²) in [7, 11) is 3.85. The average molecular weight is 330 g/mol. The van der Waals surface area contributed by atoms with E-state index in [1.54, 1.807) is 13.0 Å². The van der Waals surface area contributed by atoms with Crippen LogP contribution in [0.25, 0.3) is 0 Å². The van der Waals surface area contributed by atoms with Gasteiger partial charge >= 0.3 is 11.8 Å². The van der Waals surface area contributed by atoms with Crippen LogP contribution in [0.1, 0.15) is 22.9 Å². The normalized spacial score (nSPS) is 12.0. The van der Waals surface area contributed by atoms with Gasteiger partial charge in [-0.1, -0.05) is 35.0 Å². The fourth-order valence-corrected chi connectivity index (χ4v) is 2.26. The van der Waals surface area contributed by atoms with Crippen LogP contribution in [-0.4, -0.2) is 42.5 Å². The van der Waals surface area contributed by atoms with E-state index in [0.717, 1.165) is 5.56 Å². The lowest BCUT2D eigenvalue weighted by molar-refractivity contribution is -0.136. The summed E-state index contributed by atoms with van der Waals surface area (Å²) in [5.74, 6) is -0.715. The van der Waals surface area contributed by atoms with Gasteiger partial charge in [-0.3, -0.25) is 14.9 Å². The van der Waals surface area contributed by atoms with E-state index in [4.69, 9.17) is 4.52 Å². The summed E-state index contributed by atoms with van der Waals surface area (Å²) in [6.07, 6.45) is 0. The minimum absolute atomic E-state index is 0.0309. The Kier molecular flexibility index (Phi) is 5.70. The second kappa shape index (κ2) is 7.74. The molecule has 7 heteroatoms. The van der Waals surface area contributed by atoms with Gasteiger partial charge in [0.1, 0.15) is 5.76 Å². The largest absolute Gasteiger partial charge is 0.360 e. The number of aromatic nitrogens is 1. The van der Waals surface area contributed by atoms with Gasteiger partial charge in [0.2, 0.25) is 0 Å². The second-order valence-electron chi connectivity index (χ2n) is 5.88. The third-order valence-corrected chi connectivity index (χ3v) is 3.62. The van der Waals surface area contributed by atoms with Crippen molar-refractivity contribution >= 4 is 17.6 Å². The van der Waals surface area contributed by atoms with Gasteiger partial charge in [-0.25, -0.2) is 0 Å². The van der Waals surface area contributed by atoms with Crippen LogP contribution in [0.5, 0.6) is 0 Å². The number of aryl methyl sites for hydroxylation is 2. The van der Waals surface area contributed by atoms with Crippen molar-refractivity contribution in [1.82, 2.24) is 15.4 Å². The van der Waals surface area contributed by atoms with E-state index in [-0.39, 0.29) is 11.9 Å². The monoisotopic (exact) mass is 330 g/mol. The van der Waals surface area contributed by atoms with Crippen molar-refractivity contribution in [1.29, 1.82) is 0 Å². The van der Waals surface area contributed by atoms with Crippen molar-refractivity contribution in [2.24, 2.45) is 0 Å². The molecule has 0 saturated heterocycles. The fraction of sp³-hybridized carbons (Fsp3) is 0.353. The molecule has 128 valence electrons. The molecule has 0 spiro atoms. The number of benzene rings is 1. The summed E-state index contributed by atoms with van der Waals surface area (Å²) >= 11 is 0. The summed E-state index contributed by atoms with van der Waals surface area (Å²) in [6.45, 7) is 4.04. The average Bonchev–Trinajstić information content (AvgIpc) is 2.93. The molecule has 0 aliphatic rings. The maximum Gasteiger partial charge on any atom is 0.314 e. The van der Waals surface area contributed by atoms with E-state index in [1.165, 1.54) is 5.56 Å². The van der Waals surface area contributed by atoms with Crippen molar-refractivity contribution in [2.75, 3.05) is 26.0 Å². The molecule has 2 amide bonds. The van der Waals surface area contributed by atoms with Crippen molar-refractivity contribution in [3.63, 3.8) is 0 Å². The van der Waals surface area contributed by atoms with Crippen LogP contribution in [-0.2, 0) is 9.59 Å². The third kappa shape index (κ3) is 4.66. The minimum atomic E-state index is -0.773. The first-order valence-electron chi connectivity index (χ1n) is 7.62. The molecule has 0 bridgehead atoms. The molecular weight excluding hydrogens is 308 g/mol. The number of hydrogen-bond donors (Lipinski definition) is 2. The first-order chi connectivity index (χ1) is 11.4. The Balaban J connectivity index is 1.94. The molecule has 0 saturated carbocycles. The van der Waals surface area contributed by atoms with Crippen molar-refractivity contribution in [2.45, 2.75) is 19.9 Å². The van der Waals surface area contributed by atoms with Crippen LogP contribution in [0.3, 0.4) is 0 Å². The first kappa shape index (κ1) is 17.7. The molecule has 24 heavy (non-hydrogen) atoms. The van der Waals surface area contributed by atoms with E-state index in [2.05, 4.69) is 15.8 Å². The van der Waals surface area contributed by atoms with Gasteiger partial charge in [0.15, 0.2) is 5.82 Å². The molecule has 1 aromatic heterocycles. The summed E-state index contributed by atoms with van der Waals surface area (Å²) in [6, 6.07) is 9.59. The zero-order valence-corrected chi connectivity index (χ0v) is 14.3. The number of amides is 2. The fourth-order valence-electron chi connectivity index (χ4n) is 2.26. The third-order valence-electron chi connectivity index (χ3n) is 3.62. The Hall–Kier alpha value is -2.67. The van der Waals surface area contributed by atoms with Crippen LogP contribution in [0.15, 0.2) is 34.9 Å². The molecule has 0 unspecified atom stereocenters. The highest BCUT2D eigenvalue weighted by Gasteiger charge is 2.19. The van der Waals surface area contributed by atoms with Crippen molar-refractivity contribution in [3.8, 4) is 0 Å². The topological polar surface area (TPSA) is 87.5 Å². The Morgan fingerprint density at radius 3 is 2.38 bits per heavy atom. The van der Waals surface area contributed by atoms with Crippen LogP contribution in [0.2, 0.25) is 0 Å². The van der Waals surface area contributed by atoms with Crippen molar-refractivity contribution < 1.29 is 14.1 Å². The van der Waals surface area contributed by atoms with Crippen LogP contribution in [0, 0.1) is 13.8 Å². The molecule has 1 atom stereocenters. The molecule has 1 aromatic carbocycles. The number of nitrogens with one attached hydrogen (secondary N) is 2. The molecule has 7 nitrogen and oxygen atoms in total. The van der Waals surface area contributed by atoms with Crippen molar-refractivity contribution in [3.05, 3.63) is 47.2 Å². The van der Waals surface area contributed by atoms with Crippen LogP contribution in [0.4, 0.5) is 5.82 Å². The van der Waals surface area contributed by atoms with Gasteiger partial charge < -0.3 is 14.7 Å². The lowest BCUT2D eigenvalue weighted by Crippen LogP contribution is -2.40. The summed E-state index contributed by atoms with van der Waals surface area (Å²) in [5.41, 5.74) is 2.24. The highest BCUT2D eigenvalue weighted by Crippen LogP contribution is 2.17. The predicted octanol–water partition coefficient (Wildman–Crippen LogP) is 1.65.